The lowest BCUT2D eigenvalue weighted by Crippen LogP contribution is -2.44. The molecule has 5 heteroatoms. The van der Waals surface area contributed by atoms with Crippen LogP contribution in [0.1, 0.15) is 37.7 Å². The molecule has 2 fully saturated rings. The molecule has 1 aliphatic heterocycles. The van der Waals surface area contributed by atoms with Gasteiger partial charge < -0.3 is 15.3 Å². The SMILES string of the molecule is O=C(NCC1(CO)CC1)C1CCN(C(=O)CCc2ccccc2)CC1. The molecule has 5 nitrogen and oxygen atoms in total. The van der Waals surface area contributed by atoms with Gasteiger partial charge in [-0.1, -0.05) is 30.3 Å². The fraction of sp³-hybridized carbons (Fsp3) is 0.600. The predicted molar refractivity (Wildman–Crippen MR) is 95.8 cm³/mol. The van der Waals surface area contributed by atoms with E-state index >= 15 is 0 Å². The smallest absolute Gasteiger partial charge is 0.223 e. The number of rotatable bonds is 7. The number of hydrogen-bond acceptors (Lipinski definition) is 3. The van der Waals surface area contributed by atoms with Crippen LogP contribution in [0.3, 0.4) is 0 Å². The molecular formula is C20H28N2O3. The molecule has 1 saturated heterocycles. The van der Waals surface area contributed by atoms with E-state index < -0.39 is 0 Å². The number of nitrogens with one attached hydrogen (secondary N) is 1. The molecule has 25 heavy (non-hydrogen) atoms. The maximum absolute atomic E-state index is 12.3. The van der Waals surface area contributed by atoms with Crippen molar-refractivity contribution in [1.82, 2.24) is 10.2 Å². The molecule has 2 aliphatic rings. The molecular weight excluding hydrogens is 316 g/mol. The minimum absolute atomic E-state index is 0.00679. The molecule has 136 valence electrons. The van der Waals surface area contributed by atoms with Crippen molar-refractivity contribution in [2.45, 2.75) is 38.5 Å². The summed E-state index contributed by atoms with van der Waals surface area (Å²) in [6, 6.07) is 10.1. The molecule has 1 aromatic rings. The number of amides is 2. The Hall–Kier alpha value is -1.88. The first-order valence-corrected chi connectivity index (χ1v) is 9.32. The summed E-state index contributed by atoms with van der Waals surface area (Å²) in [5.74, 6) is 0.253. The third kappa shape index (κ3) is 4.82. The maximum Gasteiger partial charge on any atom is 0.223 e. The highest BCUT2D eigenvalue weighted by molar-refractivity contribution is 5.80. The number of aliphatic hydroxyl groups excluding tert-OH is 1. The standard InChI is InChI=1S/C20H28N2O3/c23-15-20(10-11-20)14-21-19(25)17-8-12-22(13-9-17)18(24)7-6-16-4-2-1-3-5-16/h1-5,17,23H,6-15H2,(H,21,25). The first-order valence-electron chi connectivity index (χ1n) is 9.32. The van der Waals surface area contributed by atoms with E-state index in [1.54, 1.807) is 0 Å². The molecule has 0 aromatic heterocycles. The van der Waals surface area contributed by atoms with E-state index in [0.29, 0.717) is 26.1 Å². The molecule has 1 saturated carbocycles. The maximum atomic E-state index is 12.3. The van der Waals surface area contributed by atoms with Crippen LogP contribution in [0.25, 0.3) is 0 Å². The van der Waals surface area contributed by atoms with Crippen molar-refractivity contribution < 1.29 is 14.7 Å². The van der Waals surface area contributed by atoms with Crippen molar-refractivity contribution in [1.29, 1.82) is 0 Å². The van der Waals surface area contributed by atoms with E-state index in [2.05, 4.69) is 5.32 Å². The minimum Gasteiger partial charge on any atom is -0.396 e. The van der Waals surface area contributed by atoms with Gasteiger partial charge in [-0.15, -0.1) is 0 Å². The number of nitrogens with zero attached hydrogens (tertiary/aromatic N) is 1. The number of carbonyl (C=O) groups excluding carboxylic acids is 2. The molecule has 2 N–H and O–H groups in total. The number of benzene rings is 1. The van der Waals surface area contributed by atoms with Crippen LogP contribution in [0.15, 0.2) is 30.3 Å². The first kappa shape index (κ1) is 17.9. The van der Waals surface area contributed by atoms with Gasteiger partial charge in [-0.05, 0) is 37.7 Å². The van der Waals surface area contributed by atoms with Crippen LogP contribution in [0, 0.1) is 11.3 Å². The van der Waals surface area contributed by atoms with Crippen molar-refractivity contribution in [2.75, 3.05) is 26.2 Å². The zero-order valence-corrected chi connectivity index (χ0v) is 14.7. The van der Waals surface area contributed by atoms with Crippen molar-refractivity contribution in [3.05, 3.63) is 35.9 Å². The molecule has 0 unspecified atom stereocenters. The molecule has 1 heterocycles. The zero-order chi connectivity index (χ0) is 17.7. The molecule has 1 aliphatic carbocycles. The Morgan fingerprint density at radius 2 is 1.84 bits per heavy atom. The fourth-order valence-corrected chi connectivity index (χ4v) is 3.43. The first-order chi connectivity index (χ1) is 12.1. The van der Waals surface area contributed by atoms with Crippen LogP contribution < -0.4 is 5.32 Å². The number of carbonyl (C=O) groups is 2. The Morgan fingerprint density at radius 3 is 2.44 bits per heavy atom. The van der Waals surface area contributed by atoms with Crippen LogP contribution in [0.4, 0.5) is 0 Å². The monoisotopic (exact) mass is 344 g/mol. The second kappa shape index (κ2) is 8.00. The fourth-order valence-electron chi connectivity index (χ4n) is 3.43. The van der Waals surface area contributed by atoms with Gasteiger partial charge in [-0.3, -0.25) is 9.59 Å². The summed E-state index contributed by atoms with van der Waals surface area (Å²) < 4.78 is 0. The van der Waals surface area contributed by atoms with Crippen molar-refractivity contribution in [3.63, 3.8) is 0 Å². The molecule has 0 bridgehead atoms. The van der Waals surface area contributed by atoms with Crippen molar-refractivity contribution in [2.24, 2.45) is 11.3 Å². The van der Waals surface area contributed by atoms with Crippen molar-refractivity contribution in [3.8, 4) is 0 Å². The quantitative estimate of drug-likeness (QED) is 0.792. The summed E-state index contributed by atoms with van der Waals surface area (Å²) in [4.78, 5) is 26.5. The van der Waals surface area contributed by atoms with Crippen LogP contribution in [-0.4, -0.2) is 48.1 Å². The van der Waals surface area contributed by atoms with Crippen LogP contribution in [0.2, 0.25) is 0 Å². The third-order valence-corrected chi connectivity index (χ3v) is 5.62. The third-order valence-electron chi connectivity index (χ3n) is 5.62. The Kier molecular flexibility index (Phi) is 5.74. The van der Waals surface area contributed by atoms with Gasteiger partial charge in [-0.2, -0.15) is 0 Å². The van der Waals surface area contributed by atoms with Gasteiger partial charge >= 0.3 is 0 Å². The topological polar surface area (TPSA) is 69.6 Å². The van der Waals surface area contributed by atoms with E-state index in [0.717, 1.165) is 32.1 Å². The Balaban J connectivity index is 1.37. The highest BCUT2D eigenvalue weighted by Crippen LogP contribution is 2.44. The van der Waals surface area contributed by atoms with Gasteiger partial charge in [0.05, 0.1) is 6.61 Å². The summed E-state index contributed by atoms with van der Waals surface area (Å²) in [6.45, 7) is 2.06. The van der Waals surface area contributed by atoms with Gasteiger partial charge in [-0.25, -0.2) is 0 Å². The van der Waals surface area contributed by atoms with Crippen molar-refractivity contribution >= 4 is 11.8 Å². The minimum atomic E-state index is -0.0518. The molecule has 0 radical (unpaired) electrons. The van der Waals surface area contributed by atoms with Gasteiger partial charge in [0.1, 0.15) is 0 Å². The van der Waals surface area contributed by atoms with E-state index in [9.17, 15) is 14.7 Å². The lowest BCUT2D eigenvalue weighted by atomic mass is 9.95. The zero-order valence-electron chi connectivity index (χ0n) is 14.7. The summed E-state index contributed by atoms with van der Waals surface area (Å²) in [5, 5.41) is 12.3. The largest absolute Gasteiger partial charge is 0.396 e. The van der Waals surface area contributed by atoms with E-state index in [1.165, 1.54) is 5.56 Å². The van der Waals surface area contributed by atoms with Gasteiger partial charge in [0, 0.05) is 37.4 Å². The van der Waals surface area contributed by atoms with Crippen LogP contribution >= 0.6 is 0 Å². The highest BCUT2D eigenvalue weighted by atomic mass is 16.3. The predicted octanol–water partition coefficient (Wildman–Crippen LogP) is 1.75. The average molecular weight is 344 g/mol. The Bertz CT molecular complexity index is 590. The Labute approximate surface area is 149 Å². The van der Waals surface area contributed by atoms with Gasteiger partial charge in [0.2, 0.25) is 11.8 Å². The number of aryl methyl sites for hydroxylation is 1. The van der Waals surface area contributed by atoms with Crippen LogP contribution in [0.5, 0.6) is 0 Å². The molecule has 0 spiro atoms. The van der Waals surface area contributed by atoms with E-state index in [-0.39, 0.29) is 29.8 Å². The average Bonchev–Trinajstić information content (AvgIpc) is 3.46. The lowest BCUT2D eigenvalue weighted by molar-refractivity contribution is -0.135. The highest BCUT2D eigenvalue weighted by Gasteiger charge is 2.42. The second-order valence-corrected chi connectivity index (χ2v) is 7.52. The Morgan fingerprint density at radius 1 is 1.16 bits per heavy atom. The summed E-state index contributed by atoms with van der Waals surface area (Å²) in [5.41, 5.74) is 1.13. The summed E-state index contributed by atoms with van der Waals surface area (Å²) in [7, 11) is 0. The second-order valence-electron chi connectivity index (χ2n) is 7.52. The summed E-state index contributed by atoms with van der Waals surface area (Å²) >= 11 is 0. The summed E-state index contributed by atoms with van der Waals surface area (Å²) in [6.07, 6.45) is 4.75. The molecule has 3 rings (SSSR count). The number of aliphatic hydroxyl groups is 1. The lowest BCUT2D eigenvalue weighted by Gasteiger charge is -2.31. The number of hydrogen-bond donors (Lipinski definition) is 2. The molecule has 0 atom stereocenters. The van der Waals surface area contributed by atoms with E-state index in [4.69, 9.17) is 0 Å². The van der Waals surface area contributed by atoms with Crippen LogP contribution in [-0.2, 0) is 16.0 Å². The van der Waals surface area contributed by atoms with E-state index in [1.807, 2.05) is 35.2 Å². The molecule has 2 amide bonds. The molecule has 1 aromatic carbocycles. The number of likely N-dealkylation sites (tertiary alicyclic amines) is 1. The number of piperidine rings is 1. The van der Waals surface area contributed by atoms with Gasteiger partial charge in [0.25, 0.3) is 0 Å². The van der Waals surface area contributed by atoms with Gasteiger partial charge in [0.15, 0.2) is 0 Å². The normalized spacial score (nSPS) is 19.5.